The summed E-state index contributed by atoms with van der Waals surface area (Å²) in [6.45, 7) is 17.2. The van der Waals surface area contributed by atoms with Gasteiger partial charge in [0.25, 0.3) is 25.8 Å². The van der Waals surface area contributed by atoms with Crippen LogP contribution >= 0.6 is 11.8 Å². The van der Waals surface area contributed by atoms with Gasteiger partial charge in [-0.15, -0.1) is 11.8 Å². The summed E-state index contributed by atoms with van der Waals surface area (Å²) in [6.07, 6.45) is 9.81. The molecule has 412 valence electrons. The molecule has 0 saturated carbocycles. The normalized spacial score (nSPS) is 17.6. The van der Waals surface area contributed by atoms with Gasteiger partial charge >= 0.3 is 5.51 Å². The number of sulfonamides is 1. The van der Waals surface area contributed by atoms with Gasteiger partial charge in [0, 0.05) is 106 Å². The lowest BCUT2D eigenvalue weighted by Crippen LogP contribution is -2.47. The van der Waals surface area contributed by atoms with Crippen LogP contribution in [0.1, 0.15) is 115 Å². The molecule has 3 amide bonds. The van der Waals surface area contributed by atoms with E-state index in [2.05, 4.69) is 47.4 Å². The van der Waals surface area contributed by atoms with E-state index in [0.717, 1.165) is 94.0 Å². The Morgan fingerprint density at radius 1 is 0.880 bits per heavy atom. The Hall–Kier alpha value is -4.89. The minimum atomic E-state index is -6.11. The van der Waals surface area contributed by atoms with Crippen molar-refractivity contribution in [1.29, 1.82) is 0 Å². The van der Waals surface area contributed by atoms with Gasteiger partial charge in [-0.1, -0.05) is 69.5 Å². The smallest absolute Gasteiger partial charge is 0.380 e. The van der Waals surface area contributed by atoms with Gasteiger partial charge in [0.2, 0.25) is 11.8 Å². The van der Waals surface area contributed by atoms with E-state index in [1.165, 1.54) is 40.6 Å². The first-order chi connectivity index (χ1) is 35.5. The molecule has 2 fully saturated rings. The number of sulfone groups is 1. The van der Waals surface area contributed by atoms with Crippen molar-refractivity contribution in [2.45, 2.75) is 137 Å². The Kier molecular flexibility index (Phi) is 20.9. The number of anilines is 2. The number of piperidine rings is 1. The number of unbranched alkanes of at least 4 members (excludes halogenated alkanes) is 2. The first kappa shape index (κ1) is 59.4. The zero-order chi connectivity index (χ0) is 54.6. The minimum absolute atomic E-state index is 0.0111. The molecule has 1 atom stereocenters. The molecule has 2 saturated heterocycles. The Labute approximate surface area is 447 Å². The molecule has 3 aliphatic rings. The zero-order valence-corrected chi connectivity index (χ0v) is 46.4. The van der Waals surface area contributed by atoms with E-state index in [4.69, 9.17) is 5.73 Å². The molecule has 2 heterocycles. The van der Waals surface area contributed by atoms with Crippen molar-refractivity contribution in [3.8, 4) is 0 Å². The largest absolute Gasteiger partial charge is 0.501 e. The second-order valence-electron chi connectivity index (χ2n) is 21.0. The number of hydrogen-bond acceptors (Lipinski definition) is 12. The van der Waals surface area contributed by atoms with Crippen molar-refractivity contribution in [1.82, 2.24) is 19.4 Å². The molecule has 75 heavy (non-hydrogen) atoms. The van der Waals surface area contributed by atoms with Gasteiger partial charge in [0.05, 0.1) is 10.6 Å². The summed E-state index contributed by atoms with van der Waals surface area (Å²) in [4.78, 5) is 44.8. The van der Waals surface area contributed by atoms with Gasteiger partial charge in [-0.3, -0.25) is 19.3 Å². The maximum absolute atomic E-state index is 14.4. The SMILES string of the molecule is C=C(CCC)C1=C(CN2CCN(c3ccc(C(=O)NS(=O)(=O)c4ccc(N[C@H](CCN5CCC(N(C)C(=O)CCCCCC(N)=O)CC5)CSc5ccccc5)c(S(=O)(=O)C(F)(F)F)c4)cc3)CC2)CCC(C)(C)C1. The van der Waals surface area contributed by atoms with Gasteiger partial charge in [-0.05, 0) is 123 Å². The highest BCUT2D eigenvalue weighted by Gasteiger charge is 2.48. The summed E-state index contributed by atoms with van der Waals surface area (Å²) < 4.78 is 99.0. The highest BCUT2D eigenvalue weighted by molar-refractivity contribution is 7.99. The molecule has 6 rings (SSSR count). The molecule has 4 N–H and O–H groups in total. The summed E-state index contributed by atoms with van der Waals surface area (Å²) in [5.41, 5.74) is 4.26. The highest BCUT2D eigenvalue weighted by Crippen LogP contribution is 2.42. The van der Waals surface area contributed by atoms with Crippen molar-refractivity contribution in [2.75, 3.05) is 75.4 Å². The number of benzene rings is 3. The number of primary amides is 1. The number of nitrogens with zero attached hydrogens (tertiary/aromatic N) is 4. The van der Waals surface area contributed by atoms with Crippen LogP contribution in [0, 0.1) is 5.41 Å². The quantitative estimate of drug-likeness (QED) is 0.0541. The van der Waals surface area contributed by atoms with Gasteiger partial charge in [-0.25, -0.2) is 21.6 Å². The van der Waals surface area contributed by atoms with Crippen LogP contribution in [0.25, 0.3) is 0 Å². The molecule has 2 aliphatic heterocycles. The number of allylic oxidation sites excluding steroid dienone is 2. The number of alkyl halides is 3. The molecule has 0 aromatic heterocycles. The number of nitrogens with two attached hydrogens (primary N) is 1. The van der Waals surface area contributed by atoms with E-state index in [1.807, 2.05) is 35.1 Å². The lowest BCUT2D eigenvalue weighted by Gasteiger charge is -2.39. The standard InChI is InChI=1S/C55H76F3N7O7S3/c1-6-13-40(2)48-37-54(3,4)28-24-42(48)38-64-32-34-65(35-33-64)45-20-18-41(19-21-45)53(68)61-75(71,72)47-22-23-49(50(36-47)74(69,70)55(56,57)58)60-43(39-73-46-14-9-7-10-15-46)25-29-63-30-26-44(27-31-63)62(5)52(67)17-12-8-11-16-51(59)66/h7,9-10,14-15,18-23,36,43-44,60H,2,6,8,11-13,16-17,24-35,37-39H2,1,3-5H3,(H2,59,66)(H,61,68)/t43-/m1/s1. The number of halogens is 3. The van der Waals surface area contributed by atoms with E-state index in [1.54, 1.807) is 24.1 Å². The number of likely N-dealkylation sites (tertiary alicyclic amines) is 1. The molecule has 0 radical (unpaired) electrons. The highest BCUT2D eigenvalue weighted by atomic mass is 32.2. The molecule has 0 bridgehead atoms. The predicted molar refractivity (Wildman–Crippen MR) is 292 cm³/mol. The zero-order valence-electron chi connectivity index (χ0n) is 43.9. The fourth-order valence-corrected chi connectivity index (χ4v) is 13.1. The topological polar surface area (TPSA) is 183 Å². The second kappa shape index (κ2) is 26.4. The summed E-state index contributed by atoms with van der Waals surface area (Å²) >= 11 is 1.43. The van der Waals surface area contributed by atoms with Crippen molar-refractivity contribution >= 4 is 60.7 Å². The van der Waals surface area contributed by atoms with Crippen LogP contribution in [0.15, 0.2) is 111 Å². The van der Waals surface area contributed by atoms with Crippen molar-refractivity contribution in [2.24, 2.45) is 11.1 Å². The van der Waals surface area contributed by atoms with Crippen molar-refractivity contribution < 1.29 is 44.4 Å². The molecule has 1 aliphatic carbocycles. The van der Waals surface area contributed by atoms with E-state index >= 15 is 0 Å². The Bertz CT molecular complexity index is 2710. The number of rotatable bonds is 25. The molecule has 0 spiro atoms. The molecule has 3 aromatic rings. The van der Waals surface area contributed by atoms with Crippen LogP contribution in [-0.2, 0) is 29.4 Å². The summed E-state index contributed by atoms with van der Waals surface area (Å²) in [5.74, 6) is -1.05. The number of piperazine rings is 1. The number of thioether (sulfide) groups is 1. The molecule has 3 aromatic carbocycles. The van der Waals surface area contributed by atoms with Crippen LogP contribution in [0.5, 0.6) is 0 Å². The Balaban J connectivity index is 1.10. The summed E-state index contributed by atoms with van der Waals surface area (Å²) in [5, 5.41) is 3.02. The van der Waals surface area contributed by atoms with Gasteiger partial charge in [-0.2, -0.15) is 13.2 Å². The van der Waals surface area contributed by atoms with Crippen molar-refractivity contribution in [3.63, 3.8) is 0 Å². The molecular weight excluding hydrogens is 1020 g/mol. The number of hydrogen-bond donors (Lipinski definition) is 3. The first-order valence-electron chi connectivity index (χ1n) is 26.2. The maximum atomic E-state index is 14.4. The Morgan fingerprint density at radius 3 is 2.19 bits per heavy atom. The van der Waals surface area contributed by atoms with Gasteiger partial charge in [0.15, 0.2) is 0 Å². The van der Waals surface area contributed by atoms with Crippen LogP contribution in [0.4, 0.5) is 24.5 Å². The van der Waals surface area contributed by atoms with E-state index in [-0.39, 0.29) is 28.8 Å². The van der Waals surface area contributed by atoms with E-state index in [9.17, 15) is 44.4 Å². The molecular formula is C55H76F3N7O7S3. The fraction of sp³-hybridized carbons (Fsp3) is 0.545. The van der Waals surface area contributed by atoms with E-state index in [0.29, 0.717) is 76.4 Å². The third-order valence-corrected chi connectivity index (χ3v) is 18.7. The number of carbonyl (C=O) groups excluding carboxylic acids is 3. The fourth-order valence-electron chi connectivity index (χ4n) is 10.1. The third-order valence-electron chi connectivity index (χ3n) is 14.7. The van der Waals surface area contributed by atoms with Crippen molar-refractivity contribution in [3.05, 3.63) is 102 Å². The number of carbonyl (C=O) groups is 3. The average Bonchev–Trinajstić information content (AvgIpc) is 3.37. The number of amides is 3. The van der Waals surface area contributed by atoms with Crippen LogP contribution in [0.3, 0.4) is 0 Å². The van der Waals surface area contributed by atoms with E-state index < -0.39 is 52.8 Å². The monoisotopic (exact) mass is 1100 g/mol. The van der Waals surface area contributed by atoms with Gasteiger partial charge < -0.3 is 25.8 Å². The number of nitrogens with one attached hydrogen (secondary N) is 2. The second-order valence-corrected chi connectivity index (χ2v) is 25.7. The first-order valence-corrected chi connectivity index (χ1v) is 30.1. The lowest BCUT2D eigenvalue weighted by molar-refractivity contribution is -0.133. The predicted octanol–water partition coefficient (Wildman–Crippen LogP) is 9.41. The average molecular weight is 1100 g/mol. The molecule has 14 nitrogen and oxygen atoms in total. The minimum Gasteiger partial charge on any atom is -0.380 e. The van der Waals surface area contributed by atoms with Gasteiger partial charge in [0.1, 0.15) is 4.90 Å². The van der Waals surface area contributed by atoms with Crippen LogP contribution in [-0.4, -0.2) is 132 Å². The maximum Gasteiger partial charge on any atom is 0.501 e. The molecule has 20 heteroatoms. The summed E-state index contributed by atoms with van der Waals surface area (Å²) in [6, 6.07) is 17.6. The lowest BCUT2D eigenvalue weighted by atomic mass is 9.72. The van der Waals surface area contributed by atoms with Crippen LogP contribution in [0.2, 0.25) is 0 Å². The Morgan fingerprint density at radius 2 is 1.55 bits per heavy atom. The summed E-state index contributed by atoms with van der Waals surface area (Å²) in [7, 11) is -9.20. The third kappa shape index (κ3) is 16.8. The molecule has 0 unspecified atom stereocenters. The van der Waals surface area contributed by atoms with Crippen LogP contribution < -0.4 is 20.7 Å².